The molecule has 3 aliphatic rings. The zero-order valence-electron chi connectivity index (χ0n) is 40.3. The molecule has 0 bridgehead atoms. The van der Waals surface area contributed by atoms with Gasteiger partial charge in [-0.1, -0.05) is 81.1 Å². The van der Waals surface area contributed by atoms with Crippen LogP contribution >= 0.6 is 8.53 Å². The number of hydrogen-bond acceptors (Lipinski definition) is 9. The summed E-state index contributed by atoms with van der Waals surface area (Å²) in [6.07, 6.45) is 13.0. The van der Waals surface area contributed by atoms with Crippen molar-refractivity contribution in [2.24, 2.45) is 17.8 Å². The molecule has 0 aromatic heterocycles. The zero-order valence-corrected chi connectivity index (χ0v) is 41.2. The number of fused-ring (bicyclic) bond motifs is 1. The van der Waals surface area contributed by atoms with Crippen LogP contribution in [-0.2, 0) is 40.1 Å². The Labute approximate surface area is 393 Å². The molecule has 352 valence electrons. The number of hydrogen-bond donors (Lipinski definition) is 0. The summed E-state index contributed by atoms with van der Waals surface area (Å²) in [5.41, 5.74) is 3.14. The van der Waals surface area contributed by atoms with Crippen molar-refractivity contribution in [3.8, 4) is 23.3 Å². The molecule has 0 amide bonds. The topological polar surface area (TPSA) is 84.9 Å². The van der Waals surface area contributed by atoms with Crippen molar-refractivity contribution < 1.29 is 37.5 Å². The van der Waals surface area contributed by atoms with Gasteiger partial charge in [0.15, 0.2) is 0 Å². The quantitative estimate of drug-likeness (QED) is 0.0185. The number of rotatable bonds is 27. The van der Waals surface area contributed by atoms with E-state index in [0.29, 0.717) is 43.8 Å². The zero-order chi connectivity index (χ0) is 46.2. The molecule has 11 heteroatoms. The van der Waals surface area contributed by atoms with Crippen molar-refractivity contribution in [1.82, 2.24) is 4.67 Å². The van der Waals surface area contributed by atoms with Gasteiger partial charge in [-0.25, -0.2) is 4.67 Å². The van der Waals surface area contributed by atoms with Crippen LogP contribution in [0.25, 0.3) is 0 Å². The van der Waals surface area contributed by atoms with Crippen LogP contribution in [0.15, 0.2) is 72.8 Å². The molecule has 6 rings (SSSR count). The molecule has 0 spiro atoms. The van der Waals surface area contributed by atoms with Gasteiger partial charge in [-0.2, -0.15) is 0 Å². The Balaban J connectivity index is 1.10. The molecule has 2 aliphatic carbocycles. The Morgan fingerprint density at radius 2 is 1.32 bits per heavy atom. The number of ether oxygens (including phenoxy) is 5. The lowest BCUT2D eigenvalue weighted by atomic mass is 9.79. The lowest BCUT2D eigenvalue weighted by molar-refractivity contribution is -0.144. The third kappa shape index (κ3) is 14.1. The van der Waals surface area contributed by atoms with E-state index in [9.17, 15) is 4.79 Å². The highest BCUT2D eigenvalue weighted by molar-refractivity contribution is 7.44. The molecule has 1 saturated carbocycles. The Morgan fingerprint density at radius 3 is 1.86 bits per heavy atom. The fraction of sp³-hybridized carbons (Fsp3) is 0.611. The molecular formula is C54H75BNO8P. The second kappa shape index (κ2) is 25.6. The van der Waals surface area contributed by atoms with Gasteiger partial charge in [0, 0.05) is 37.3 Å². The Bertz CT molecular complexity index is 1860. The summed E-state index contributed by atoms with van der Waals surface area (Å²) in [6.45, 7) is 12.2. The number of nitrogens with zero attached hydrogens (tertiary/aromatic N) is 1. The number of unbranched alkanes of at least 4 members (excludes halogenated alkanes) is 5. The van der Waals surface area contributed by atoms with E-state index in [2.05, 4.69) is 99.7 Å². The summed E-state index contributed by atoms with van der Waals surface area (Å²) in [5.74, 6) is 9.98. The molecule has 1 aliphatic heterocycles. The van der Waals surface area contributed by atoms with Crippen LogP contribution in [0, 0.1) is 29.6 Å². The average Bonchev–Trinajstić information content (AvgIpc) is 3.81. The first-order chi connectivity index (χ1) is 31.6. The molecular weight excluding hydrogens is 832 g/mol. The standard InChI is InChI=1S/C54H75BNO8P/c1-8-35-62-65(56(39(2)3)40(4)5)64-50-36-52(55)63-51(50)38-61-54(43-27-31-45(58-6)32-28-43,44-29-33-46(59-7)34-30-44)42-25-23-41(24-26-42)19-15-11-9-10-12-18-22-53(57)60-37-49-47-20-16-13-14-17-21-48(47)49/h23-34,39-40,47-52H,8-12,15-22,35-38H2,1-7H3/t47-,48+,49?,50?,51-,52-,65?/m1/s1. The van der Waals surface area contributed by atoms with E-state index in [0.717, 1.165) is 105 Å². The number of methoxy groups -OCH3 is 2. The van der Waals surface area contributed by atoms with Crippen molar-refractivity contribution in [2.45, 2.75) is 160 Å². The van der Waals surface area contributed by atoms with Crippen molar-refractivity contribution in [1.29, 1.82) is 0 Å². The Hall–Kier alpha value is -3.42. The maximum absolute atomic E-state index is 12.5. The summed E-state index contributed by atoms with van der Waals surface area (Å²) >= 11 is 0. The van der Waals surface area contributed by atoms with Crippen LogP contribution in [0.4, 0.5) is 0 Å². The van der Waals surface area contributed by atoms with Crippen LogP contribution in [0.5, 0.6) is 11.5 Å². The lowest BCUT2D eigenvalue weighted by Gasteiger charge is -2.39. The van der Waals surface area contributed by atoms with Gasteiger partial charge in [-0.05, 0) is 137 Å². The molecule has 0 N–H and O–H groups in total. The largest absolute Gasteiger partial charge is 0.497 e. The van der Waals surface area contributed by atoms with Gasteiger partial charge in [0.2, 0.25) is 0 Å². The smallest absolute Gasteiger partial charge is 0.305 e. The molecule has 3 aromatic rings. The summed E-state index contributed by atoms with van der Waals surface area (Å²) in [6, 6.07) is 25.1. The van der Waals surface area contributed by atoms with E-state index in [-0.39, 0.29) is 30.8 Å². The normalized spacial score (nSPS) is 22.2. The maximum atomic E-state index is 12.5. The second-order valence-electron chi connectivity index (χ2n) is 18.6. The number of benzene rings is 3. The minimum atomic E-state index is -1.37. The third-order valence-electron chi connectivity index (χ3n) is 13.3. The number of esters is 1. The van der Waals surface area contributed by atoms with Gasteiger partial charge < -0.3 is 32.7 Å². The molecule has 1 heterocycles. The first-order valence-corrected chi connectivity index (χ1v) is 25.6. The molecule has 2 fully saturated rings. The van der Waals surface area contributed by atoms with E-state index in [1.165, 1.54) is 5.56 Å². The third-order valence-corrected chi connectivity index (χ3v) is 15.5. The predicted octanol–water partition coefficient (Wildman–Crippen LogP) is 11.7. The number of aryl methyl sites for hydroxylation is 1. The monoisotopic (exact) mass is 908 g/mol. The van der Waals surface area contributed by atoms with Crippen molar-refractivity contribution in [3.63, 3.8) is 0 Å². The highest BCUT2D eigenvalue weighted by Gasteiger charge is 2.49. The fourth-order valence-electron chi connectivity index (χ4n) is 9.78. The number of carbonyl (C=O) groups excluding carboxylic acids is 1. The molecule has 1 saturated heterocycles. The van der Waals surface area contributed by atoms with E-state index < -0.39 is 26.2 Å². The second-order valence-corrected chi connectivity index (χ2v) is 20.0. The van der Waals surface area contributed by atoms with Crippen molar-refractivity contribution in [3.05, 3.63) is 95.1 Å². The van der Waals surface area contributed by atoms with Gasteiger partial charge >= 0.3 is 5.97 Å². The van der Waals surface area contributed by atoms with Crippen molar-refractivity contribution in [2.75, 3.05) is 34.0 Å². The van der Waals surface area contributed by atoms with E-state index in [1.54, 1.807) is 14.2 Å². The Morgan fingerprint density at radius 1 is 0.785 bits per heavy atom. The SMILES string of the molecule is [B][C@H]1CC(OP(OCCC)N(C(C)C)C(C)C)[C@@H](COC(c2ccc(CCCCCCCCC(=O)OCC3[C@H]4CCC#CCC[C@@H]34)cc2)(c2ccc(OC)cc2)c2ccc(OC)cc2)O1. The van der Waals surface area contributed by atoms with Gasteiger partial charge in [0.1, 0.15) is 31.1 Å². The van der Waals surface area contributed by atoms with Crippen molar-refractivity contribution >= 4 is 22.3 Å². The van der Waals surface area contributed by atoms with E-state index in [4.69, 9.17) is 40.6 Å². The molecule has 2 radical (unpaired) electrons. The van der Waals surface area contributed by atoms with Gasteiger partial charge in [-0.3, -0.25) is 4.79 Å². The van der Waals surface area contributed by atoms with Crippen LogP contribution in [0.2, 0.25) is 0 Å². The minimum Gasteiger partial charge on any atom is -0.497 e. The van der Waals surface area contributed by atoms with Crippen LogP contribution < -0.4 is 9.47 Å². The Kier molecular flexibility index (Phi) is 20.1. The average molecular weight is 908 g/mol. The molecule has 7 atom stereocenters. The van der Waals surface area contributed by atoms with E-state index in [1.807, 2.05) is 24.3 Å². The summed E-state index contributed by atoms with van der Waals surface area (Å²) in [5, 5.41) is 0. The highest BCUT2D eigenvalue weighted by atomic mass is 31.2. The highest BCUT2D eigenvalue weighted by Crippen LogP contribution is 2.53. The first kappa shape index (κ1) is 51.0. The van der Waals surface area contributed by atoms with Gasteiger partial charge in [0.05, 0.1) is 40.1 Å². The number of carbonyl (C=O) groups is 1. The maximum Gasteiger partial charge on any atom is 0.305 e. The molecule has 65 heavy (non-hydrogen) atoms. The van der Waals surface area contributed by atoms with E-state index >= 15 is 0 Å². The predicted molar refractivity (Wildman–Crippen MR) is 261 cm³/mol. The first-order valence-electron chi connectivity index (χ1n) is 24.5. The molecule has 3 unspecified atom stereocenters. The molecule has 3 aromatic carbocycles. The minimum absolute atomic E-state index is 0.0337. The summed E-state index contributed by atoms with van der Waals surface area (Å²) in [7, 11) is 8.50. The lowest BCUT2D eigenvalue weighted by Crippen LogP contribution is -2.39. The fourth-order valence-corrected chi connectivity index (χ4v) is 11.6. The molecule has 9 nitrogen and oxygen atoms in total. The van der Waals surface area contributed by atoms with Crippen LogP contribution in [0.3, 0.4) is 0 Å². The summed E-state index contributed by atoms with van der Waals surface area (Å²) in [4.78, 5) is 12.5. The van der Waals surface area contributed by atoms with Gasteiger partial charge in [-0.15, -0.1) is 11.8 Å². The van der Waals surface area contributed by atoms with Crippen LogP contribution in [0.1, 0.15) is 140 Å². The van der Waals surface area contributed by atoms with Gasteiger partial charge in [0.25, 0.3) is 8.53 Å². The summed E-state index contributed by atoms with van der Waals surface area (Å²) < 4.78 is 46.3. The van der Waals surface area contributed by atoms with Crippen LogP contribution in [-0.4, -0.2) is 82.8 Å².